The molecule has 0 amide bonds. The quantitative estimate of drug-likeness (QED) is 0.781. The fraction of sp³-hybridized carbons (Fsp3) is 0.333. The summed E-state index contributed by atoms with van der Waals surface area (Å²) < 4.78 is 72.0. The van der Waals surface area contributed by atoms with Crippen molar-refractivity contribution in [2.75, 3.05) is 17.5 Å². The minimum Gasteiger partial charge on any atom is -0.486 e. The Labute approximate surface area is 159 Å². The summed E-state index contributed by atoms with van der Waals surface area (Å²) in [5.74, 6) is 0.206. The number of alkyl halides is 3. The van der Waals surface area contributed by atoms with Gasteiger partial charge in [-0.25, -0.2) is 8.42 Å². The molecule has 6 nitrogen and oxygen atoms in total. The van der Waals surface area contributed by atoms with Gasteiger partial charge in [-0.2, -0.15) is 13.2 Å². The van der Waals surface area contributed by atoms with E-state index in [0.29, 0.717) is 11.6 Å². The van der Waals surface area contributed by atoms with Crippen molar-refractivity contribution < 1.29 is 36.5 Å². The zero-order chi connectivity index (χ0) is 20.5. The van der Waals surface area contributed by atoms with Crippen LogP contribution in [0.1, 0.15) is 17.5 Å². The van der Waals surface area contributed by atoms with Crippen LogP contribution in [0.4, 0.5) is 18.9 Å². The van der Waals surface area contributed by atoms with Crippen molar-refractivity contribution in [1.82, 2.24) is 0 Å². The van der Waals surface area contributed by atoms with Gasteiger partial charge in [0.1, 0.15) is 11.9 Å². The molecule has 1 aliphatic rings. The number of rotatable bonds is 5. The molecule has 2 aromatic carbocycles. The fourth-order valence-corrected chi connectivity index (χ4v) is 4.48. The number of benzene rings is 2. The Bertz CT molecular complexity index is 962. The highest BCUT2D eigenvalue weighted by Gasteiger charge is 2.36. The Kier molecular flexibility index (Phi) is 5.55. The molecule has 3 rings (SSSR count). The van der Waals surface area contributed by atoms with Crippen LogP contribution in [-0.4, -0.2) is 37.9 Å². The van der Waals surface area contributed by atoms with E-state index in [1.54, 1.807) is 6.07 Å². The molecule has 1 atom stereocenters. The van der Waals surface area contributed by atoms with Crippen molar-refractivity contribution in [2.45, 2.75) is 30.2 Å². The monoisotopic (exact) mass is 417 g/mol. The second kappa shape index (κ2) is 7.61. The Hall–Kier alpha value is -2.30. The minimum atomic E-state index is -4.68. The van der Waals surface area contributed by atoms with Crippen molar-refractivity contribution in [3.63, 3.8) is 0 Å². The minimum absolute atomic E-state index is 0.123. The molecule has 0 saturated carbocycles. The molecule has 0 radical (unpaired) electrons. The molecular weight excluding hydrogens is 399 g/mol. The first-order valence-corrected chi connectivity index (χ1v) is 9.82. The fourth-order valence-electron chi connectivity index (χ4n) is 2.94. The SMILES string of the molecule is O=S(=O)(c1cccc(C(F)(F)F)c1)N1CC(CCO)Oc2ccc(CO)cc21. The molecule has 1 unspecified atom stereocenters. The van der Waals surface area contributed by atoms with Crippen molar-refractivity contribution in [2.24, 2.45) is 0 Å². The maximum Gasteiger partial charge on any atom is 0.416 e. The van der Waals surface area contributed by atoms with Gasteiger partial charge >= 0.3 is 6.18 Å². The second-order valence-corrected chi connectivity index (χ2v) is 8.14. The van der Waals surface area contributed by atoms with E-state index in [0.717, 1.165) is 22.5 Å². The Morgan fingerprint density at radius 3 is 2.54 bits per heavy atom. The van der Waals surface area contributed by atoms with Gasteiger partial charge < -0.3 is 14.9 Å². The molecule has 0 bridgehead atoms. The molecule has 28 heavy (non-hydrogen) atoms. The number of halogens is 3. The lowest BCUT2D eigenvalue weighted by Gasteiger charge is -2.35. The third-order valence-corrected chi connectivity index (χ3v) is 6.11. The van der Waals surface area contributed by atoms with E-state index >= 15 is 0 Å². The molecule has 0 saturated heterocycles. The molecule has 10 heteroatoms. The lowest BCUT2D eigenvalue weighted by molar-refractivity contribution is -0.137. The molecular formula is C18H18F3NO5S. The zero-order valence-electron chi connectivity index (χ0n) is 14.6. The Morgan fingerprint density at radius 1 is 1.14 bits per heavy atom. The normalized spacial score (nSPS) is 17.2. The van der Waals surface area contributed by atoms with E-state index in [-0.39, 0.29) is 37.6 Å². The number of hydrogen-bond acceptors (Lipinski definition) is 5. The first kappa shape index (κ1) is 20.4. The van der Waals surface area contributed by atoms with E-state index in [1.807, 2.05) is 0 Å². The van der Waals surface area contributed by atoms with Gasteiger partial charge in [-0.15, -0.1) is 0 Å². The van der Waals surface area contributed by atoms with Gasteiger partial charge in [-0.1, -0.05) is 12.1 Å². The summed E-state index contributed by atoms with van der Waals surface area (Å²) in [5.41, 5.74) is -0.525. The summed E-state index contributed by atoms with van der Waals surface area (Å²) in [6.07, 6.45) is -5.20. The van der Waals surface area contributed by atoms with Crippen LogP contribution in [0.15, 0.2) is 47.4 Å². The summed E-state index contributed by atoms with van der Waals surface area (Å²) in [6.45, 7) is -0.766. The summed E-state index contributed by atoms with van der Waals surface area (Å²) >= 11 is 0. The summed E-state index contributed by atoms with van der Waals surface area (Å²) in [5, 5.41) is 18.5. The van der Waals surface area contributed by atoms with E-state index in [1.165, 1.54) is 12.1 Å². The van der Waals surface area contributed by atoms with Crippen LogP contribution in [0.5, 0.6) is 5.75 Å². The lowest BCUT2D eigenvalue weighted by Crippen LogP contribution is -2.44. The van der Waals surface area contributed by atoms with Crippen LogP contribution in [0.2, 0.25) is 0 Å². The van der Waals surface area contributed by atoms with Crippen LogP contribution in [0.25, 0.3) is 0 Å². The van der Waals surface area contributed by atoms with Gasteiger partial charge in [0.25, 0.3) is 10.0 Å². The molecule has 152 valence electrons. The predicted molar refractivity (Wildman–Crippen MR) is 94.5 cm³/mol. The molecule has 0 aliphatic carbocycles. The average Bonchev–Trinajstić information content (AvgIpc) is 2.66. The van der Waals surface area contributed by atoms with Crippen molar-refractivity contribution in [3.8, 4) is 5.75 Å². The number of ether oxygens (including phenoxy) is 1. The Balaban J connectivity index is 2.10. The molecule has 0 spiro atoms. The van der Waals surface area contributed by atoms with E-state index in [2.05, 4.69) is 0 Å². The highest BCUT2D eigenvalue weighted by Crippen LogP contribution is 2.39. The first-order valence-electron chi connectivity index (χ1n) is 8.38. The molecule has 1 aliphatic heterocycles. The maximum atomic E-state index is 13.2. The van der Waals surface area contributed by atoms with Crippen molar-refractivity contribution >= 4 is 15.7 Å². The molecule has 2 aromatic rings. The Morgan fingerprint density at radius 2 is 1.89 bits per heavy atom. The number of hydrogen-bond donors (Lipinski definition) is 2. The van der Waals surface area contributed by atoms with Gasteiger partial charge in [-0.3, -0.25) is 4.31 Å². The van der Waals surface area contributed by atoms with Gasteiger partial charge in [0.05, 0.1) is 29.3 Å². The highest BCUT2D eigenvalue weighted by atomic mass is 32.2. The predicted octanol–water partition coefficient (Wildman–Crippen LogP) is 2.54. The van der Waals surface area contributed by atoms with Gasteiger partial charge in [0.2, 0.25) is 0 Å². The smallest absolute Gasteiger partial charge is 0.416 e. The van der Waals surface area contributed by atoms with E-state index in [9.17, 15) is 31.8 Å². The van der Waals surface area contributed by atoms with Crippen molar-refractivity contribution in [1.29, 1.82) is 0 Å². The van der Waals surface area contributed by atoms with Gasteiger partial charge in [0.15, 0.2) is 0 Å². The molecule has 2 N–H and O–H groups in total. The highest BCUT2D eigenvalue weighted by molar-refractivity contribution is 7.92. The first-order chi connectivity index (χ1) is 13.2. The van der Waals surface area contributed by atoms with Crippen molar-refractivity contribution in [3.05, 3.63) is 53.6 Å². The average molecular weight is 417 g/mol. The van der Waals surface area contributed by atoms with Crippen LogP contribution < -0.4 is 9.04 Å². The van der Waals surface area contributed by atoms with E-state index < -0.39 is 32.8 Å². The van der Waals surface area contributed by atoms with E-state index in [4.69, 9.17) is 4.74 Å². The number of aliphatic hydroxyl groups excluding tert-OH is 2. The zero-order valence-corrected chi connectivity index (χ0v) is 15.4. The second-order valence-electron chi connectivity index (χ2n) is 6.27. The van der Waals surface area contributed by atoms with Crippen LogP contribution in [-0.2, 0) is 22.8 Å². The largest absolute Gasteiger partial charge is 0.486 e. The maximum absolute atomic E-state index is 13.2. The third-order valence-electron chi connectivity index (χ3n) is 4.34. The van der Waals surface area contributed by atoms with Gasteiger partial charge in [-0.05, 0) is 35.9 Å². The number of nitrogens with zero attached hydrogens (tertiary/aromatic N) is 1. The summed E-state index contributed by atoms with van der Waals surface area (Å²) in [6, 6.07) is 7.96. The third kappa shape index (κ3) is 3.94. The number of aliphatic hydroxyl groups is 2. The van der Waals surface area contributed by atoms with Crippen LogP contribution in [0.3, 0.4) is 0 Å². The van der Waals surface area contributed by atoms with Crippen LogP contribution >= 0.6 is 0 Å². The summed E-state index contributed by atoms with van der Waals surface area (Å²) in [4.78, 5) is -0.507. The number of anilines is 1. The summed E-state index contributed by atoms with van der Waals surface area (Å²) in [7, 11) is -4.34. The number of sulfonamides is 1. The number of fused-ring (bicyclic) bond motifs is 1. The lowest BCUT2D eigenvalue weighted by atomic mass is 10.1. The molecule has 0 aromatic heterocycles. The topological polar surface area (TPSA) is 87.1 Å². The molecule has 0 fully saturated rings. The molecule has 1 heterocycles. The standard InChI is InChI=1S/C18H18F3NO5S/c19-18(20,21)13-2-1-3-15(9-13)28(25,26)22-10-14(6-7-23)27-17-5-4-12(11-24)8-16(17)22/h1-5,8-9,14,23-24H,6-7,10-11H2. The van der Waals surface area contributed by atoms with Gasteiger partial charge in [0, 0.05) is 13.0 Å². The van der Waals surface area contributed by atoms with Crippen LogP contribution in [0, 0.1) is 0 Å².